The molecule has 1 aromatic carbocycles. The molecule has 0 spiro atoms. The molecule has 4 rings (SSSR count). The van der Waals surface area contributed by atoms with Crippen molar-refractivity contribution in [1.82, 2.24) is 19.4 Å². The third kappa shape index (κ3) is 3.25. The molecule has 1 atom stereocenters. The molecule has 0 aliphatic rings. The van der Waals surface area contributed by atoms with Crippen molar-refractivity contribution >= 4 is 17.2 Å². The molecule has 3 aromatic heterocycles. The Morgan fingerprint density at radius 3 is 2.68 bits per heavy atom. The molecule has 9 heteroatoms. The van der Waals surface area contributed by atoms with Crippen LogP contribution in [0.3, 0.4) is 0 Å². The number of hydrogen-bond donors (Lipinski definition) is 1. The SMILES string of the molecule is CC(Nc1nc(-c2cnc3ccc(F)cn23)ncc1[N+](=O)[O-])c1ccccc1. The quantitative estimate of drug-likeness (QED) is 0.416. The third-order valence-corrected chi connectivity index (χ3v) is 4.32. The highest BCUT2D eigenvalue weighted by atomic mass is 19.1. The van der Waals surface area contributed by atoms with Gasteiger partial charge >= 0.3 is 5.69 Å². The van der Waals surface area contributed by atoms with Crippen LogP contribution in [0, 0.1) is 15.9 Å². The van der Waals surface area contributed by atoms with E-state index in [-0.39, 0.29) is 23.4 Å². The second-order valence-corrected chi connectivity index (χ2v) is 6.18. The minimum atomic E-state index is -0.544. The number of anilines is 1. The first-order valence-corrected chi connectivity index (χ1v) is 8.49. The first kappa shape index (κ1) is 17.5. The van der Waals surface area contributed by atoms with Gasteiger partial charge in [-0.1, -0.05) is 30.3 Å². The minimum Gasteiger partial charge on any atom is -0.358 e. The number of benzene rings is 1. The molecule has 0 aliphatic heterocycles. The van der Waals surface area contributed by atoms with E-state index in [4.69, 9.17) is 0 Å². The van der Waals surface area contributed by atoms with Gasteiger partial charge in [-0.15, -0.1) is 0 Å². The second-order valence-electron chi connectivity index (χ2n) is 6.18. The lowest BCUT2D eigenvalue weighted by molar-refractivity contribution is -0.384. The van der Waals surface area contributed by atoms with Crippen LogP contribution in [0.1, 0.15) is 18.5 Å². The van der Waals surface area contributed by atoms with Crippen LogP contribution in [0.4, 0.5) is 15.9 Å². The van der Waals surface area contributed by atoms with Gasteiger partial charge in [-0.3, -0.25) is 14.5 Å². The number of nitrogens with zero attached hydrogens (tertiary/aromatic N) is 5. The second kappa shape index (κ2) is 7.03. The summed E-state index contributed by atoms with van der Waals surface area (Å²) >= 11 is 0. The predicted molar refractivity (Wildman–Crippen MR) is 101 cm³/mol. The summed E-state index contributed by atoms with van der Waals surface area (Å²) < 4.78 is 15.1. The first-order valence-electron chi connectivity index (χ1n) is 8.49. The van der Waals surface area contributed by atoms with Gasteiger partial charge in [-0.05, 0) is 24.6 Å². The Bertz CT molecular complexity index is 1160. The van der Waals surface area contributed by atoms with Crippen LogP contribution in [0.25, 0.3) is 17.2 Å². The van der Waals surface area contributed by atoms with Crippen molar-refractivity contribution in [3.05, 3.63) is 82.6 Å². The van der Waals surface area contributed by atoms with E-state index < -0.39 is 10.7 Å². The van der Waals surface area contributed by atoms with E-state index in [1.807, 2.05) is 37.3 Å². The molecule has 1 unspecified atom stereocenters. The fourth-order valence-electron chi connectivity index (χ4n) is 2.89. The maximum absolute atomic E-state index is 13.6. The lowest BCUT2D eigenvalue weighted by Crippen LogP contribution is -2.11. The Labute approximate surface area is 158 Å². The standard InChI is InChI=1S/C19H15FN6O2/c1-12(13-5-3-2-4-6-13)23-19-16(26(27)28)10-22-18(24-19)15-9-21-17-8-7-14(20)11-25(15)17/h2-12H,1H3,(H,22,23,24). The van der Waals surface area contributed by atoms with Gasteiger partial charge in [0.15, 0.2) is 5.82 Å². The number of nitrogens with one attached hydrogen (secondary N) is 1. The molecule has 140 valence electrons. The van der Waals surface area contributed by atoms with Crippen molar-refractivity contribution < 1.29 is 9.31 Å². The zero-order valence-corrected chi connectivity index (χ0v) is 14.8. The van der Waals surface area contributed by atoms with Gasteiger partial charge in [-0.25, -0.2) is 19.3 Å². The van der Waals surface area contributed by atoms with Gasteiger partial charge in [0.1, 0.15) is 23.4 Å². The van der Waals surface area contributed by atoms with Gasteiger partial charge in [-0.2, -0.15) is 0 Å². The summed E-state index contributed by atoms with van der Waals surface area (Å²) in [5, 5.41) is 14.5. The maximum atomic E-state index is 13.6. The van der Waals surface area contributed by atoms with Crippen LogP contribution in [-0.2, 0) is 0 Å². The van der Waals surface area contributed by atoms with E-state index in [1.165, 1.54) is 28.9 Å². The fourth-order valence-corrected chi connectivity index (χ4v) is 2.89. The van der Waals surface area contributed by atoms with Crippen LogP contribution >= 0.6 is 0 Å². The molecule has 3 heterocycles. The van der Waals surface area contributed by atoms with Crippen molar-refractivity contribution in [3.63, 3.8) is 0 Å². The van der Waals surface area contributed by atoms with Crippen molar-refractivity contribution in [2.24, 2.45) is 0 Å². The molecule has 0 amide bonds. The Morgan fingerprint density at radius 2 is 1.93 bits per heavy atom. The molecule has 0 fully saturated rings. The summed E-state index contributed by atoms with van der Waals surface area (Å²) in [4.78, 5) is 23.5. The Kier molecular flexibility index (Phi) is 4.40. The highest BCUT2D eigenvalue weighted by Gasteiger charge is 2.21. The zero-order valence-electron chi connectivity index (χ0n) is 14.8. The van der Waals surface area contributed by atoms with Gasteiger partial charge < -0.3 is 5.32 Å². The number of nitro groups is 1. The van der Waals surface area contributed by atoms with Gasteiger partial charge in [0, 0.05) is 6.20 Å². The fraction of sp³-hybridized carbons (Fsp3) is 0.105. The predicted octanol–water partition coefficient (Wildman–Crippen LogP) is 4.01. The molecule has 0 bridgehead atoms. The van der Waals surface area contributed by atoms with Gasteiger partial charge in [0.25, 0.3) is 0 Å². The van der Waals surface area contributed by atoms with Crippen LogP contribution in [0.15, 0.2) is 61.1 Å². The molecule has 4 aromatic rings. The lowest BCUT2D eigenvalue weighted by Gasteiger charge is -2.15. The van der Waals surface area contributed by atoms with Gasteiger partial charge in [0.05, 0.1) is 17.2 Å². The Balaban J connectivity index is 1.77. The minimum absolute atomic E-state index is 0.0812. The topological polar surface area (TPSA) is 98.2 Å². The zero-order chi connectivity index (χ0) is 19.7. The van der Waals surface area contributed by atoms with E-state index in [1.54, 1.807) is 0 Å². The molecule has 0 aliphatic carbocycles. The van der Waals surface area contributed by atoms with E-state index in [0.29, 0.717) is 11.3 Å². The third-order valence-electron chi connectivity index (χ3n) is 4.32. The lowest BCUT2D eigenvalue weighted by atomic mass is 10.1. The first-order chi connectivity index (χ1) is 13.5. The average molecular weight is 378 g/mol. The number of halogens is 1. The summed E-state index contributed by atoms with van der Waals surface area (Å²) in [6, 6.07) is 12.1. The number of pyridine rings is 1. The molecular weight excluding hydrogens is 363 g/mol. The molecule has 0 saturated carbocycles. The van der Waals surface area contributed by atoms with E-state index in [2.05, 4.69) is 20.3 Å². The summed E-state index contributed by atoms with van der Waals surface area (Å²) in [5.74, 6) is -0.158. The molecule has 28 heavy (non-hydrogen) atoms. The highest BCUT2D eigenvalue weighted by molar-refractivity contribution is 5.63. The van der Waals surface area contributed by atoms with E-state index >= 15 is 0 Å². The number of imidazole rings is 1. The highest BCUT2D eigenvalue weighted by Crippen LogP contribution is 2.28. The van der Waals surface area contributed by atoms with Crippen molar-refractivity contribution in [1.29, 1.82) is 0 Å². The molecule has 8 nitrogen and oxygen atoms in total. The van der Waals surface area contributed by atoms with Crippen LogP contribution in [-0.4, -0.2) is 24.3 Å². The van der Waals surface area contributed by atoms with Gasteiger partial charge in [0.2, 0.25) is 5.82 Å². The number of fused-ring (bicyclic) bond motifs is 1. The van der Waals surface area contributed by atoms with Crippen molar-refractivity contribution in [2.75, 3.05) is 5.32 Å². The van der Waals surface area contributed by atoms with Crippen LogP contribution in [0.5, 0.6) is 0 Å². The molecule has 0 saturated heterocycles. The van der Waals surface area contributed by atoms with E-state index in [9.17, 15) is 14.5 Å². The smallest absolute Gasteiger partial charge is 0.329 e. The molecule has 1 N–H and O–H groups in total. The number of hydrogen-bond acceptors (Lipinski definition) is 6. The summed E-state index contributed by atoms with van der Waals surface area (Å²) in [6.07, 6.45) is 3.91. The van der Waals surface area contributed by atoms with Crippen molar-refractivity contribution in [3.8, 4) is 11.5 Å². The Hall–Kier alpha value is -3.88. The monoisotopic (exact) mass is 378 g/mol. The summed E-state index contributed by atoms with van der Waals surface area (Å²) in [7, 11) is 0. The molecule has 0 radical (unpaired) electrons. The average Bonchev–Trinajstić information content (AvgIpc) is 3.11. The Morgan fingerprint density at radius 1 is 1.14 bits per heavy atom. The van der Waals surface area contributed by atoms with E-state index in [0.717, 1.165) is 11.8 Å². The summed E-state index contributed by atoms with van der Waals surface area (Å²) in [6.45, 7) is 1.88. The summed E-state index contributed by atoms with van der Waals surface area (Å²) in [5.41, 5.74) is 1.66. The van der Waals surface area contributed by atoms with Crippen LogP contribution in [0.2, 0.25) is 0 Å². The number of rotatable bonds is 5. The largest absolute Gasteiger partial charge is 0.358 e. The normalized spacial score (nSPS) is 12.1. The maximum Gasteiger partial charge on any atom is 0.329 e. The van der Waals surface area contributed by atoms with Crippen molar-refractivity contribution in [2.45, 2.75) is 13.0 Å². The molecular formula is C19H15FN6O2. The van der Waals surface area contributed by atoms with Crippen LogP contribution < -0.4 is 5.32 Å². The number of aromatic nitrogens is 4.